The van der Waals surface area contributed by atoms with Crippen molar-refractivity contribution in [1.82, 2.24) is 19.7 Å². The zero-order valence-electron chi connectivity index (χ0n) is 24.1. The molecule has 45 heavy (non-hydrogen) atoms. The second-order valence-electron chi connectivity index (χ2n) is 10.8. The maximum absolute atomic E-state index is 14.5. The van der Waals surface area contributed by atoms with Gasteiger partial charge in [-0.05, 0) is 75.5 Å². The van der Waals surface area contributed by atoms with Gasteiger partial charge in [0.25, 0.3) is 0 Å². The zero-order valence-corrected chi connectivity index (χ0v) is 24.9. The van der Waals surface area contributed by atoms with Crippen LogP contribution in [0.2, 0.25) is 5.02 Å². The Bertz CT molecular complexity index is 1560. The lowest BCUT2D eigenvalue weighted by molar-refractivity contribution is -0.148. The number of nitrogens with zero attached hydrogens (tertiary/aromatic N) is 4. The van der Waals surface area contributed by atoms with Crippen LogP contribution < -0.4 is 4.74 Å². The lowest BCUT2D eigenvalue weighted by Crippen LogP contribution is -2.40. The number of aliphatic hydroxyl groups is 2. The molecular weight excluding hydrogens is 633 g/mol. The number of allylic oxidation sites excluding steroid dienone is 3. The van der Waals surface area contributed by atoms with Gasteiger partial charge in [0.15, 0.2) is 17.8 Å². The highest BCUT2D eigenvalue weighted by atomic mass is 35.5. The van der Waals surface area contributed by atoms with Crippen LogP contribution in [-0.2, 0) is 6.18 Å². The number of hydrogen-bond donors (Lipinski definition) is 2. The van der Waals surface area contributed by atoms with Gasteiger partial charge in [0, 0.05) is 5.56 Å². The van der Waals surface area contributed by atoms with E-state index >= 15 is 0 Å². The van der Waals surface area contributed by atoms with Gasteiger partial charge in [-0.3, -0.25) is 4.90 Å². The first kappa shape index (κ1) is 34.4. The summed E-state index contributed by atoms with van der Waals surface area (Å²) in [4.78, 5) is 5.61. The molecule has 15 heteroatoms. The molecule has 4 rings (SSSR count). The number of aromatic nitrogens is 3. The molecule has 0 amide bonds. The topological polar surface area (TPSA) is 83.6 Å². The summed E-state index contributed by atoms with van der Waals surface area (Å²) in [6, 6.07) is 6.07. The average molecular weight is 663 g/mol. The highest BCUT2D eigenvalue weighted by molar-refractivity contribution is 6.32. The van der Waals surface area contributed by atoms with E-state index in [1.807, 2.05) is 13.0 Å². The van der Waals surface area contributed by atoms with Crippen LogP contribution in [0.4, 0.5) is 30.7 Å². The van der Waals surface area contributed by atoms with Crippen LogP contribution in [0.3, 0.4) is 0 Å². The largest absolute Gasteiger partial charge is 0.487 e. The standard InChI is InChI=1S/C30H30ClF7N4O3/c1-17(6-7-18(2)19-8-10-41(11-9-19)16-29(33,34)35)15-45-26-21(12-20(32)13-23(26)31)24-4-3-5-25(40-24)42-27(30(36,37)38)22(14-39-42)28(43)44/h3-7,12-14,19,28,43-44H,8-11,15-16H2,1-2H3. The molecule has 0 radical (unpaired) electrons. The van der Waals surface area contributed by atoms with Gasteiger partial charge in [0.05, 0.1) is 29.0 Å². The molecule has 0 saturated carbocycles. The first-order chi connectivity index (χ1) is 21.0. The molecule has 7 nitrogen and oxygen atoms in total. The van der Waals surface area contributed by atoms with Gasteiger partial charge < -0.3 is 14.9 Å². The molecule has 0 aliphatic carbocycles. The number of piperidine rings is 1. The zero-order chi connectivity index (χ0) is 33.1. The van der Waals surface area contributed by atoms with Gasteiger partial charge in [-0.2, -0.15) is 31.4 Å². The summed E-state index contributed by atoms with van der Waals surface area (Å²) in [6.45, 7) is 3.47. The van der Waals surface area contributed by atoms with Gasteiger partial charge in [0.1, 0.15) is 18.2 Å². The van der Waals surface area contributed by atoms with Gasteiger partial charge in [-0.25, -0.2) is 14.1 Å². The van der Waals surface area contributed by atoms with E-state index in [2.05, 4.69) is 10.1 Å². The number of aliphatic hydroxyl groups excluding tert-OH is 1. The molecule has 1 aliphatic rings. The van der Waals surface area contributed by atoms with E-state index in [-0.39, 0.29) is 40.4 Å². The first-order valence-electron chi connectivity index (χ1n) is 13.8. The number of likely N-dealkylation sites (tertiary alicyclic amines) is 1. The second kappa shape index (κ2) is 13.9. The molecule has 1 aromatic carbocycles. The normalized spacial score (nSPS) is 16.1. The maximum Gasteiger partial charge on any atom is 0.434 e. The quantitative estimate of drug-likeness (QED) is 0.142. The fourth-order valence-corrected chi connectivity index (χ4v) is 5.30. The van der Waals surface area contributed by atoms with Gasteiger partial charge in [-0.15, -0.1) is 0 Å². The van der Waals surface area contributed by atoms with Gasteiger partial charge in [-0.1, -0.05) is 35.4 Å². The Morgan fingerprint density at radius 1 is 1.09 bits per heavy atom. The van der Waals surface area contributed by atoms with Crippen LogP contribution in [0.1, 0.15) is 44.2 Å². The Labute approximate surface area is 259 Å². The van der Waals surface area contributed by atoms with E-state index in [9.17, 15) is 40.9 Å². The third kappa shape index (κ3) is 8.84. The van der Waals surface area contributed by atoms with E-state index in [1.165, 1.54) is 23.1 Å². The third-order valence-corrected chi connectivity index (χ3v) is 7.57. The van der Waals surface area contributed by atoms with Crippen molar-refractivity contribution in [1.29, 1.82) is 0 Å². The highest BCUT2D eigenvalue weighted by Crippen LogP contribution is 2.39. The highest BCUT2D eigenvalue weighted by Gasteiger charge is 2.40. The molecule has 3 aromatic rings. The lowest BCUT2D eigenvalue weighted by Gasteiger charge is -2.32. The Kier molecular flexibility index (Phi) is 10.6. The Hall–Kier alpha value is -3.46. The number of hydrogen-bond acceptors (Lipinski definition) is 6. The third-order valence-electron chi connectivity index (χ3n) is 7.29. The monoisotopic (exact) mass is 662 g/mol. The number of pyridine rings is 1. The van der Waals surface area contributed by atoms with E-state index in [0.29, 0.717) is 36.8 Å². The van der Waals surface area contributed by atoms with E-state index in [0.717, 1.165) is 23.3 Å². The van der Waals surface area contributed by atoms with Crippen LogP contribution in [0, 0.1) is 11.7 Å². The van der Waals surface area contributed by atoms with Crippen LogP contribution in [-0.4, -0.2) is 62.3 Å². The minimum Gasteiger partial charge on any atom is -0.487 e. The Morgan fingerprint density at radius 2 is 1.78 bits per heavy atom. The van der Waals surface area contributed by atoms with Crippen molar-refractivity contribution < 1.29 is 45.7 Å². The number of alkyl halides is 6. The summed E-state index contributed by atoms with van der Waals surface area (Å²) >= 11 is 6.31. The fraction of sp³-hybridized carbons (Fsp3) is 0.400. The molecular formula is C30H30ClF7N4O3. The summed E-state index contributed by atoms with van der Waals surface area (Å²) in [7, 11) is 0. The number of rotatable bonds is 9. The van der Waals surface area contributed by atoms with E-state index < -0.39 is 42.3 Å². The van der Waals surface area contributed by atoms with Gasteiger partial charge in [0.2, 0.25) is 0 Å². The smallest absolute Gasteiger partial charge is 0.434 e. The summed E-state index contributed by atoms with van der Waals surface area (Å²) in [5, 5.41) is 22.3. The SMILES string of the molecule is CC(=CC=C(C)C1CCN(CC(F)(F)F)CC1)COc1c(Cl)cc(F)cc1-c1cccc(-n2ncc(C(O)O)c2C(F)(F)F)n1. The van der Waals surface area contributed by atoms with Crippen molar-refractivity contribution in [3.05, 3.63) is 81.9 Å². The van der Waals surface area contributed by atoms with E-state index in [1.54, 1.807) is 13.0 Å². The minimum absolute atomic E-state index is 0.000969. The first-order valence-corrected chi connectivity index (χ1v) is 14.1. The summed E-state index contributed by atoms with van der Waals surface area (Å²) < 4.78 is 100. The van der Waals surface area contributed by atoms with E-state index in [4.69, 9.17) is 16.3 Å². The molecule has 0 atom stereocenters. The van der Waals surface area contributed by atoms with Crippen molar-refractivity contribution in [2.75, 3.05) is 26.2 Å². The molecule has 0 bridgehead atoms. The molecule has 2 N–H and O–H groups in total. The molecule has 3 heterocycles. The molecule has 244 valence electrons. The summed E-state index contributed by atoms with van der Waals surface area (Å²) in [6.07, 6.45) is -6.12. The van der Waals surface area contributed by atoms with Crippen LogP contribution in [0.25, 0.3) is 17.1 Å². The Balaban J connectivity index is 1.53. The van der Waals surface area contributed by atoms with Crippen LogP contribution >= 0.6 is 11.6 Å². The van der Waals surface area contributed by atoms with Crippen LogP contribution in [0.15, 0.2) is 59.8 Å². The van der Waals surface area contributed by atoms with Crippen molar-refractivity contribution in [3.63, 3.8) is 0 Å². The van der Waals surface area contributed by atoms with Crippen molar-refractivity contribution in [3.8, 4) is 22.8 Å². The average Bonchev–Trinajstić information content (AvgIpc) is 3.42. The predicted octanol–water partition coefficient (Wildman–Crippen LogP) is 7.27. The Morgan fingerprint density at radius 3 is 2.40 bits per heavy atom. The summed E-state index contributed by atoms with van der Waals surface area (Å²) in [5.74, 6) is -0.919. The molecule has 2 aromatic heterocycles. The number of ether oxygens (including phenoxy) is 1. The maximum atomic E-state index is 14.5. The van der Waals surface area contributed by atoms with Crippen LogP contribution in [0.5, 0.6) is 5.75 Å². The summed E-state index contributed by atoms with van der Waals surface area (Å²) in [5.41, 5.74) is -0.504. The van der Waals surface area contributed by atoms with Crippen molar-refractivity contribution in [2.45, 2.75) is 45.3 Å². The molecule has 0 unspecified atom stereocenters. The van der Waals surface area contributed by atoms with Gasteiger partial charge >= 0.3 is 12.4 Å². The lowest BCUT2D eigenvalue weighted by atomic mass is 9.89. The number of halogens is 8. The number of benzene rings is 1. The van der Waals surface area contributed by atoms with Crippen molar-refractivity contribution in [2.24, 2.45) is 5.92 Å². The molecule has 1 aliphatic heterocycles. The molecule has 1 saturated heterocycles. The minimum atomic E-state index is -5.01. The molecule has 1 fully saturated rings. The van der Waals surface area contributed by atoms with Crippen molar-refractivity contribution >= 4 is 11.6 Å². The second-order valence-corrected chi connectivity index (χ2v) is 11.2. The fourth-order valence-electron chi connectivity index (χ4n) is 5.04. The predicted molar refractivity (Wildman–Crippen MR) is 152 cm³/mol. The molecule has 0 spiro atoms.